The van der Waals surface area contributed by atoms with Crippen LogP contribution >= 0.6 is 0 Å². The van der Waals surface area contributed by atoms with Crippen LogP contribution in [-0.2, 0) is 6.18 Å². The van der Waals surface area contributed by atoms with Crippen LogP contribution in [0, 0.1) is 6.92 Å². The van der Waals surface area contributed by atoms with E-state index in [4.69, 9.17) is 5.73 Å². The molecule has 8 heteroatoms. The molecule has 0 fully saturated rings. The van der Waals surface area contributed by atoms with E-state index in [1.165, 1.54) is 6.07 Å². The number of fused-ring (bicyclic) bond motifs is 1. The zero-order valence-electron chi connectivity index (χ0n) is 14.8. The molecule has 0 saturated heterocycles. The molecule has 0 amide bonds. The minimum Gasteiger partial charge on any atom is -0.399 e. The second-order valence-corrected chi connectivity index (χ2v) is 6.20. The van der Waals surface area contributed by atoms with Gasteiger partial charge in [0.1, 0.15) is 11.6 Å². The molecule has 27 heavy (non-hydrogen) atoms. The summed E-state index contributed by atoms with van der Waals surface area (Å²) in [5, 5.41) is 3.87. The maximum Gasteiger partial charge on any atom is 0.416 e. The number of nitrogens with one attached hydrogen (secondary N) is 1. The third kappa shape index (κ3) is 3.99. The lowest BCUT2D eigenvalue weighted by molar-refractivity contribution is -0.137. The van der Waals surface area contributed by atoms with Gasteiger partial charge in [-0.3, -0.25) is 4.98 Å². The number of halogens is 3. The van der Waals surface area contributed by atoms with Gasteiger partial charge in [-0.05, 0) is 49.8 Å². The maximum atomic E-state index is 13.1. The second-order valence-electron chi connectivity index (χ2n) is 6.20. The average molecular weight is 373 g/mol. The lowest BCUT2D eigenvalue weighted by Crippen LogP contribution is -2.13. The van der Waals surface area contributed by atoms with Crippen molar-refractivity contribution in [1.29, 1.82) is 0 Å². The monoisotopic (exact) mass is 373 g/mol. The Hall–Kier alpha value is -3.16. The number of nitrogens with two attached hydrogens (primary N) is 1. The number of alkyl halides is 3. The van der Waals surface area contributed by atoms with Crippen LogP contribution < -0.4 is 11.1 Å². The average Bonchev–Trinajstić information content (AvgIpc) is 2.60. The van der Waals surface area contributed by atoms with Gasteiger partial charge < -0.3 is 11.1 Å². The molecule has 1 aromatic carbocycles. The van der Waals surface area contributed by atoms with Crippen molar-refractivity contribution in [2.45, 2.75) is 26.1 Å². The van der Waals surface area contributed by atoms with Crippen LogP contribution in [0.1, 0.15) is 35.6 Å². The van der Waals surface area contributed by atoms with Crippen molar-refractivity contribution in [1.82, 2.24) is 15.0 Å². The van der Waals surface area contributed by atoms with Crippen LogP contribution in [0.2, 0.25) is 0 Å². The van der Waals surface area contributed by atoms with E-state index in [2.05, 4.69) is 26.8 Å². The number of nitrogen functional groups attached to an aromatic ring is 1. The first-order valence-corrected chi connectivity index (χ1v) is 8.18. The fourth-order valence-corrected chi connectivity index (χ4v) is 2.76. The Morgan fingerprint density at radius 1 is 1.19 bits per heavy atom. The maximum absolute atomic E-state index is 13.1. The molecule has 0 aliphatic heterocycles. The van der Waals surface area contributed by atoms with Crippen LogP contribution in [0.3, 0.4) is 0 Å². The summed E-state index contributed by atoms with van der Waals surface area (Å²) in [5.74, 6) is 1.03. The van der Waals surface area contributed by atoms with Crippen molar-refractivity contribution in [2.75, 3.05) is 11.1 Å². The number of hydrogen-bond acceptors (Lipinski definition) is 5. The second kappa shape index (κ2) is 6.86. The zero-order valence-corrected chi connectivity index (χ0v) is 14.8. The van der Waals surface area contributed by atoms with Crippen LogP contribution in [0.4, 0.5) is 24.7 Å². The summed E-state index contributed by atoms with van der Waals surface area (Å²) in [4.78, 5) is 13.0. The molecule has 3 aromatic rings. The highest BCUT2D eigenvalue weighted by Gasteiger charge is 2.31. The minimum absolute atomic E-state index is 0.0512. The predicted octanol–water partition coefficient (Wildman–Crippen LogP) is 4.75. The molecule has 3 rings (SSSR count). The van der Waals surface area contributed by atoms with E-state index in [9.17, 15) is 13.2 Å². The van der Waals surface area contributed by atoms with Gasteiger partial charge in [0.15, 0.2) is 0 Å². The molecular weight excluding hydrogens is 355 g/mol. The largest absolute Gasteiger partial charge is 0.416 e. The molecule has 5 nitrogen and oxygen atoms in total. The Balaban J connectivity index is 2.02. The van der Waals surface area contributed by atoms with Crippen LogP contribution in [0.5, 0.6) is 0 Å². The summed E-state index contributed by atoms with van der Waals surface area (Å²) in [6.07, 6.45) is -1.26. The van der Waals surface area contributed by atoms with Gasteiger partial charge in [-0.15, -0.1) is 0 Å². The van der Waals surface area contributed by atoms with Gasteiger partial charge >= 0.3 is 6.18 Å². The summed E-state index contributed by atoms with van der Waals surface area (Å²) in [5.41, 5.74) is 6.62. The van der Waals surface area contributed by atoms with Crippen LogP contribution in [0.15, 0.2) is 37.0 Å². The van der Waals surface area contributed by atoms with Crippen molar-refractivity contribution < 1.29 is 13.2 Å². The van der Waals surface area contributed by atoms with Crippen molar-refractivity contribution in [3.8, 4) is 0 Å². The third-order valence-corrected chi connectivity index (χ3v) is 4.08. The molecule has 0 aliphatic rings. The molecule has 2 aromatic heterocycles. The smallest absolute Gasteiger partial charge is 0.399 e. The van der Waals surface area contributed by atoms with Crippen molar-refractivity contribution in [3.05, 3.63) is 59.7 Å². The van der Waals surface area contributed by atoms with Gasteiger partial charge in [-0.1, -0.05) is 6.58 Å². The van der Waals surface area contributed by atoms with Gasteiger partial charge in [-0.2, -0.15) is 13.2 Å². The molecule has 1 unspecified atom stereocenters. The molecule has 0 bridgehead atoms. The summed E-state index contributed by atoms with van der Waals surface area (Å²) in [6, 6.07) is 4.83. The highest BCUT2D eigenvalue weighted by Crippen LogP contribution is 2.33. The first kappa shape index (κ1) is 18.6. The minimum atomic E-state index is -4.47. The molecule has 0 spiro atoms. The lowest BCUT2D eigenvalue weighted by Gasteiger charge is -2.19. The Morgan fingerprint density at radius 2 is 1.93 bits per heavy atom. The first-order chi connectivity index (χ1) is 12.7. The Morgan fingerprint density at radius 3 is 2.59 bits per heavy atom. The van der Waals surface area contributed by atoms with Gasteiger partial charge in [0, 0.05) is 11.1 Å². The SMILES string of the molecule is C=Cc1cc2c(NC(C)c3cc(N)cc(C(F)(F)F)c3)nc(C)nc2cn1. The number of pyridine rings is 1. The molecule has 0 aliphatic carbocycles. The first-order valence-electron chi connectivity index (χ1n) is 8.18. The normalized spacial score (nSPS) is 12.8. The quantitative estimate of drug-likeness (QED) is 0.646. The summed E-state index contributed by atoms with van der Waals surface area (Å²) in [7, 11) is 0. The molecule has 1 atom stereocenters. The fraction of sp³-hybridized carbons (Fsp3) is 0.211. The van der Waals surface area contributed by atoms with E-state index in [1.54, 1.807) is 32.2 Å². The standard InChI is InChI=1S/C19H18F3N5/c1-4-15-8-16-17(9-24-15)26-11(3)27-18(16)25-10(2)12-5-13(19(20,21)22)7-14(23)6-12/h4-10H,1,23H2,2-3H3,(H,25,26,27). The van der Waals surface area contributed by atoms with Crippen molar-refractivity contribution in [3.63, 3.8) is 0 Å². The molecule has 0 saturated carbocycles. The van der Waals surface area contributed by atoms with E-state index in [1.807, 2.05) is 0 Å². The molecule has 3 N–H and O–H groups in total. The number of anilines is 2. The van der Waals surface area contributed by atoms with Crippen LogP contribution in [-0.4, -0.2) is 15.0 Å². The van der Waals surface area contributed by atoms with E-state index >= 15 is 0 Å². The number of nitrogens with zero attached hydrogens (tertiary/aromatic N) is 3. The summed E-state index contributed by atoms with van der Waals surface area (Å²) in [6.45, 7) is 7.17. The lowest BCUT2D eigenvalue weighted by atomic mass is 10.0. The van der Waals surface area contributed by atoms with Gasteiger partial charge in [0.05, 0.1) is 29.0 Å². The Bertz CT molecular complexity index is 1010. The molecule has 140 valence electrons. The van der Waals surface area contributed by atoms with Crippen molar-refractivity contribution >= 4 is 28.5 Å². The Kier molecular flexibility index (Phi) is 4.73. The predicted molar refractivity (Wildman–Crippen MR) is 100 cm³/mol. The molecule has 0 radical (unpaired) electrons. The number of aryl methyl sites for hydroxylation is 1. The number of benzene rings is 1. The van der Waals surface area contributed by atoms with Crippen LogP contribution in [0.25, 0.3) is 17.0 Å². The highest BCUT2D eigenvalue weighted by atomic mass is 19.4. The van der Waals surface area contributed by atoms with E-state index < -0.39 is 17.8 Å². The number of rotatable bonds is 4. The summed E-state index contributed by atoms with van der Waals surface area (Å²) >= 11 is 0. The fourth-order valence-electron chi connectivity index (χ4n) is 2.76. The summed E-state index contributed by atoms with van der Waals surface area (Å²) < 4.78 is 39.2. The topological polar surface area (TPSA) is 76.7 Å². The van der Waals surface area contributed by atoms with E-state index in [-0.39, 0.29) is 5.69 Å². The van der Waals surface area contributed by atoms with Gasteiger partial charge in [0.25, 0.3) is 0 Å². The van der Waals surface area contributed by atoms with E-state index in [0.717, 1.165) is 12.1 Å². The number of aromatic nitrogens is 3. The van der Waals surface area contributed by atoms with E-state index in [0.29, 0.717) is 33.8 Å². The third-order valence-electron chi connectivity index (χ3n) is 4.08. The number of hydrogen-bond donors (Lipinski definition) is 2. The Labute approximate surface area is 154 Å². The molecular formula is C19H18F3N5. The highest BCUT2D eigenvalue weighted by molar-refractivity contribution is 5.89. The zero-order chi connectivity index (χ0) is 19.8. The van der Waals surface area contributed by atoms with Gasteiger partial charge in [0.2, 0.25) is 0 Å². The van der Waals surface area contributed by atoms with Gasteiger partial charge in [-0.25, -0.2) is 9.97 Å². The van der Waals surface area contributed by atoms with Crippen molar-refractivity contribution in [2.24, 2.45) is 0 Å². The molecule has 2 heterocycles.